The summed E-state index contributed by atoms with van der Waals surface area (Å²) in [6, 6.07) is 24.0. The fraction of sp³-hybridized carbons (Fsp3) is 0.0870. The van der Waals surface area contributed by atoms with Crippen molar-refractivity contribution in [2.24, 2.45) is 0 Å². The lowest BCUT2D eigenvalue weighted by Crippen LogP contribution is -2.27. The Morgan fingerprint density at radius 3 is 2.41 bits per heavy atom. The average Bonchev–Trinajstić information content (AvgIpc) is 3.15. The first-order valence-electron chi connectivity index (χ1n) is 9.27. The molecule has 2 N–H and O–H groups in total. The van der Waals surface area contributed by atoms with Gasteiger partial charge in [-0.15, -0.1) is 0 Å². The molecule has 0 saturated heterocycles. The molecule has 0 aliphatic carbocycles. The van der Waals surface area contributed by atoms with Gasteiger partial charge in [0.2, 0.25) is 5.91 Å². The van der Waals surface area contributed by atoms with Gasteiger partial charge in [-0.05, 0) is 36.4 Å². The predicted octanol–water partition coefficient (Wildman–Crippen LogP) is 4.02. The van der Waals surface area contributed by atoms with Gasteiger partial charge in [-0.3, -0.25) is 9.59 Å². The summed E-state index contributed by atoms with van der Waals surface area (Å²) >= 11 is 0. The van der Waals surface area contributed by atoms with Crippen LogP contribution in [0.25, 0.3) is 11.0 Å². The van der Waals surface area contributed by atoms with Gasteiger partial charge in [0.15, 0.2) is 0 Å². The zero-order valence-electron chi connectivity index (χ0n) is 15.9. The number of aromatic nitrogens is 2. The maximum atomic E-state index is 13.0. The Hall–Kier alpha value is -3.93. The van der Waals surface area contributed by atoms with Crippen molar-refractivity contribution in [3.05, 3.63) is 90.3 Å². The van der Waals surface area contributed by atoms with Crippen molar-refractivity contribution < 1.29 is 9.59 Å². The number of amides is 2. The number of nitrogens with zero attached hydrogens (tertiary/aromatic N) is 2. The highest BCUT2D eigenvalue weighted by molar-refractivity contribution is 6.11. The van der Waals surface area contributed by atoms with Crippen LogP contribution in [0.1, 0.15) is 16.2 Å². The van der Waals surface area contributed by atoms with E-state index >= 15 is 0 Å². The largest absolute Gasteiger partial charge is 0.342 e. The highest BCUT2D eigenvalue weighted by Gasteiger charge is 2.18. The van der Waals surface area contributed by atoms with Crippen LogP contribution in [0.15, 0.2) is 78.9 Å². The Bertz CT molecular complexity index is 1130. The van der Waals surface area contributed by atoms with Crippen LogP contribution in [-0.2, 0) is 11.2 Å². The number of hydrogen-bond acceptors (Lipinski definition) is 3. The molecule has 29 heavy (non-hydrogen) atoms. The van der Waals surface area contributed by atoms with Crippen molar-refractivity contribution in [3.63, 3.8) is 0 Å². The molecule has 144 valence electrons. The summed E-state index contributed by atoms with van der Waals surface area (Å²) in [6.07, 6.45) is 0.0890. The summed E-state index contributed by atoms with van der Waals surface area (Å²) in [5.41, 5.74) is 3.38. The number of fused-ring (bicyclic) bond motifs is 1. The van der Waals surface area contributed by atoms with Gasteiger partial charge < -0.3 is 15.2 Å². The van der Waals surface area contributed by atoms with E-state index in [4.69, 9.17) is 0 Å². The summed E-state index contributed by atoms with van der Waals surface area (Å²) < 4.78 is 0. The number of aromatic amines is 1. The normalized spacial score (nSPS) is 10.7. The number of rotatable bonds is 5. The van der Waals surface area contributed by atoms with E-state index in [-0.39, 0.29) is 18.2 Å². The molecule has 0 bridgehead atoms. The second-order valence-electron chi connectivity index (χ2n) is 6.67. The quantitative estimate of drug-likeness (QED) is 0.545. The lowest BCUT2D eigenvalue weighted by atomic mass is 10.1. The van der Waals surface area contributed by atoms with E-state index in [2.05, 4.69) is 15.3 Å². The number of anilines is 2. The van der Waals surface area contributed by atoms with E-state index in [0.717, 1.165) is 16.7 Å². The molecule has 4 aromatic rings. The number of H-pyrrole nitrogens is 1. The Labute approximate surface area is 168 Å². The number of nitrogens with one attached hydrogen (secondary N) is 2. The molecule has 6 heteroatoms. The van der Waals surface area contributed by atoms with Crippen LogP contribution in [0.5, 0.6) is 0 Å². The molecule has 0 radical (unpaired) electrons. The third kappa shape index (κ3) is 4.01. The third-order valence-corrected chi connectivity index (χ3v) is 4.65. The Kier molecular flexibility index (Phi) is 5.07. The van der Waals surface area contributed by atoms with Crippen LogP contribution in [-0.4, -0.2) is 28.8 Å². The fourth-order valence-corrected chi connectivity index (χ4v) is 3.16. The molecule has 0 unspecified atom stereocenters. The maximum Gasteiger partial charge on any atom is 0.260 e. The van der Waals surface area contributed by atoms with Crippen molar-refractivity contribution in [1.29, 1.82) is 0 Å². The number of hydrogen-bond donors (Lipinski definition) is 2. The molecule has 1 heterocycles. The van der Waals surface area contributed by atoms with E-state index in [1.807, 2.05) is 54.6 Å². The smallest absolute Gasteiger partial charge is 0.260 e. The summed E-state index contributed by atoms with van der Waals surface area (Å²) in [5.74, 6) is 0.136. The van der Waals surface area contributed by atoms with Crippen molar-refractivity contribution in [2.75, 3.05) is 17.3 Å². The molecule has 0 spiro atoms. The first kappa shape index (κ1) is 18.4. The van der Waals surface area contributed by atoms with Gasteiger partial charge in [0.1, 0.15) is 5.82 Å². The summed E-state index contributed by atoms with van der Waals surface area (Å²) in [6.45, 7) is 0. The maximum absolute atomic E-state index is 13.0. The molecule has 2 amide bonds. The molecular weight excluding hydrogens is 364 g/mol. The summed E-state index contributed by atoms with van der Waals surface area (Å²) in [4.78, 5) is 34.7. The Morgan fingerprint density at radius 2 is 1.62 bits per heavy atom. The van der Waals surface area contributed by atoms with Crippen molar-refractivity contribution in [2.45, 2.75) is 6.42 Å². The van der Waals surface area contributed by atoms with Crippen molar-refractivity contribution >= 4 is 34.2 Å². The summed E-state index contributed by atoms with van der Waals surface area (Å²) in [7, 11) is 1.71. The van der Waals surface area contributed by atoms with Crippen LogP contribution in [0.2, 0.25) is 0 Å². The Balaban J connectivity index is 1.52. The number of benzene rings is 3. The highest BCUT2D eigenvalue weighted by atomic mass is 16.2. The van der Waals surface area contributed by atoms with Crippen molar-refractivity contribution in [1.82, 2.24) is 9.97 Å². The number of carbonyl (C=O) groups is 2. The molecule has 0 fully saturated rings. The highest BCUT2D eigenvalue weighted by Crippen LogP contribution is 2.21. The van der Waals surface area contributed by atoms with Crippen LogP contribution in [0.3, 0.4) is 0 Å². The number of carbonyl (C=O) groups excluding carboxylic acids is 2. The van der Waals surface area contributed by atoms with E-state index < -0.39 is 0 Å². The van der Waals surface area contributed by atoms with E-state index in [9.17, 15) is 9.59 Å². The minimum Gasteiger partial charge on any atom is -0.342 e. The van der Waals surface area contributed by atoms with Crippen LogP contribution in [0, 0.1) is 0 Å². The molecule has 3 aromatic carbocycles. The second-order valence-corrected chi connectivity index (χ2v) is 6.67. The molecular formula is C23H20N4O2. The zero-order chi connectivity index (χ0) is 20.2. The third-order valence-electron chi connectivity index (χ3n) is 4.65. The average molecular weight is 384 g/mol. The Morgan fingerprint density at radius 1 is 0.931 bits per heavy atom. The van der Waals surface area contributed by atoms with Gasteiger partial charge in [0.25, 0.3) is 5.91 Å². The molecule has 0 aliphatic rings. The molecule has 0 saturated carbocycles. The van der Waals surface area contributed by atoms with Gasteiger partial charge >= 0.3 is 0 Å². The van der Waals surface area contributed by atoms with Crippen LogP contribution >= 0.6 is 0 Å². The lowest BCUT2D eigenvalue weighted by Gasteiger charge is -2.19. The number of imidazole rings is 1. The van der Waals surface area contributed by atoms with Gasteiger partial charge in [0, 0.05) is 12.7 Å². The molecule has 0 atom stereocenters. The molecule has 6 nitrogen and oxygen atoms in total. The van der Waals surface area contributed by atoms with Gasteiger partial charge in [-0.2, -0.15) is 0 Å². The molecule has 1 aromatic heterocycles. The van der Waals surface area contributed by atoms with Gasteiger partial charge in [0.05, 0.1) is 28.7 Å². The molecule has 0 aliphatic heterocycles. The minimum absolute atomic E-state index is 0.0890. The topological polar surface area (TPSA) is 78.1 Å². The SMILES string of the molecule is CN(C(=O)c1ccccc1NC(=O)Cc1nc2ccccc2[nH]1)c1ccccc1. The van der Waals surface area contributed by atoms with Crippen molar-refractivity contribution in [3.8, 4) is 0 Å². The van der Waals surface area contributed by atoms with Gasteiger partial charge in [-0.1, -0.05) is 42.5 Å². The van der Waals surface area contributed by atoms with E-state index in [0.29, 0.717) is 17.1 Å². The summed E-state index contributed by atoms with van der Waals surface area (Å²) in [5, 5.41) is 2.84. The van der Waals surface area contributed by atoms with E-state index in [1.165, 1.54) is 0 Å². The van der Waals surface area contributed by atoms with Crippen LogP contribution in [0.4, 0.5) is 11.4 Å². The lowest BCUT2D eigenvalue weighted by molar-refractivity contribution is -0.115. The second kappa shape index (κ2) is 7.98. The first-order valence-corrected chi connectivity index (χ1v) is 9.27. The molecule has 4 rings (SSSR count). The monoisotopic (exact) mass is 384 g/mol. The standard InChI is InChI=1S/C23H20N4O2/c1-27(16-9-3-2-4-10-16)23(29)17-11-5-6-12-18(17)26-22(28)15-21-24-19-13-7-8-14-20(19)25-21/h2-14H,15H2,1H3,(H,24,25)(H,26,28). The minimum atomic E-state index is -0.244. The first-order chi connectivity index (χ1) is 14.1. The van der Waals surface area contributed by atoms with Gasteiger partial charge in [-0.25, -0.2) is 4.98 Å². The fourth-order valence-electron chi connectivity index (χ4n) is 3.16. The number of para-hydroxylation sites is 4. The van der Waals surface area contributed by atoms with E-state index in [1.54, 1.807) is 36.2 Å². The zero-order valence-corrected chi connectivity index (χ0v) is 15.9. The predicted molar refractivity (Wildman–Crippen MR) is 114 cm³/mol. The van der Waals surface area contributed by atoms with Crippen LogP contribution < -0.4 is 10.2 Å².